The van der Waals surface area contributed by atoms with Gasteiger partial charge in [-0.1, -0.05) is 91.0 Å². The lowest BCUT2D eigenvalue weighted by Crippen LogP contribution is -2.35. The number of hydrogen-bond acceptors (Lipinski definition) is 3. The van der Waals surface area contributed by atoms with Crippen molar-refractivity contribution in [3.05, 3.63) is 96.6 Å². The summed E-state index contributed by atoms with van der Waals surface area (Å²) in [6, 6.07) is 31.9. The van der Waals surface area contributed by atoms with Gasteiger partial charge in [0, 0.05) is 5.66 Å². The number of rotatable bonds is 6. The van der Waals surface area contributed by atoms with Gasteiger partial charge in [0.1, 0.15) is 12.2 Å². The van der Waals surface area contributed by atoms with E-state index in [4.69, 9.17) is 14.2 Å². The second-order valence-electron chi connectivity index (χ2n) is 7.54. The molecule has 0 spiro atoms. The van der Waals surface area contributed by atoms with Gasteiger partial charge >= 0.3 is 0 Å². The van der Waals surface area contributed by atoms with E-state index in [1.165, 1.54) is 16.2 Å². The van der Waals surface area contributed by atoms with E-state index < -0.39 is 7.92 Å². The summed E-state index contributed by atoms with van der Waals surface area (Å²) in [5, 5.41) is 2.75. The second kappa shape index (κ2) is 8.77. The first kappa shape index (κ1) is 19.0. The van der Waals surface area contributed by atoms with Crippen LogP contribution >= 0.6 is 7.92 Å². The Bertz CT molecular complexity index is 864. The van der Waals surface area contributed by atoms with Crippen molar-refractivity contribution in [1.82, 2.24) is 0 Å². The Labute approximate surface area is 173 Å². The maximum absolute atomic E-state index is 6.28. The van der Waals surface area contributed by atoms with Crippen molar-refractivity contribution < 1.29 is 14.2 Å². The van der Waals surface area contributed by atoms with Crippen molar-refractivity contribution in [2.45, 2.75) is 30.6 Å². The zero-order chi connectivity index (χ0) is 19.5. The van der Waals surface area contributed by atoms with Crippen LogP contribution in [0.1, 0.15) is 5.56 Å². The molecule has 5 rings (SSSR count). The Morgan fingerprint density at radius 2 is 1.24 bits per heavy atom. The Hall–Kier alpha value is -2.03. The summed E-state index contributed by atoms with van der Waals surface area (Å²) in [5.74, 6) is 0. The van der Waals surface area contributed by atoms with Crippen molar-refractivity contribution in [3.8, 4) is 0 Å². The van der Waals surface area contributed by atoms with Crippen LogP contribution in [-0.2, 0) is 20.8 Å². The minimum atomic E-state index is -0.561. The first-order valence-electron chi connectivity index (χ1n) is 10.2. The summed E-state index contributed by atoms with van der Waals surface area (Å²) in [7, 11) is -0.561. The number of hydrogen-bond donors (Lipinski definition) is 0. The number of fused-ring (bicyclic) bond motifs is 1. The molecule has 2 fully saturated rings. The summed E-state index contributed by atoms with van der Waals surface area (Å²) >= 11 is 0. The largest absolute Gasteiger partial charge is 0.372 e. The predicted molar refractivity (Wildman–Crippen MR) is 117 cm³/mol. The van der Waals surface area contributed by atoms with Crippen molar-refractivity contribution in [3.63, 3.8) is 0 Å². The zero-order valence-electron chi connectivity index (χ0n) is 16.3. The van der Waals surface area contributed by atoms with Gasteiger partial charge in [0.15, 0.2) is 0 Å². The Morgan fingerprint density at radius 1 is 0.690 bits per heavy atom. The van der Waals surface area contributed by atoms with Crippen molar-refractivity contribution in [2.24, 2.45) is 0 Å². The molecule has 0 bridgehead atoms. The molecule has 2 aliphatic heterocycles. The van der Waals surface area contributed by atoms with Gasteiger partial charge in [-0.25, -0.2) is 0 Å². The van der Waals surface area contributed by atoms with Crippen LogP contribution in [0.5, 0.6) is 0 Å². The van der Waals surface area contributed by atoms with E-state index >= 15 is 0 Å². The normalized spacial score (nSPS) is 26.0. The summed E-state index contributed by atoms with van der Waals surface area (Å²) in [6.45, 7) is 1.92. The molecular formula is C25H25O3P. The minimum absolute atomic E-state index is 0.00592. The predicted octanol–water partition coefficient (Wildman–Crippen LogP) is 3.87. The standard InChI is InChI=1S/C25H25O3P/c1-4-10-19(11-5-1)16-26-22-17-27-25-23(18-28-24(22)25)29(20-12-6-2-7-13-20)21-14-8-3-9-15-21/h1-15,22-25H,16-18H2/t22-,23-,24-,25-/m1/s1. The zero-order valence-corrected chi connectivity index (χ0v) is 17.2. The fourth-order valence-corrected chi connectivity index (χ4v) is 7.13. The highest BCUT2D eigenvalue weighted by molar-refractivity contribution is 7.73. The molecule has 3 aromatic rings. The lowest BCUT2D eigenvalue weighted by atomic mass is 10.1. The van der Waals surface area contributed by atoms with Gasteiger partial charge in [0.2, 0.25) is 0 Å². The number of benzene rings is 3. The SMILES string of the molecule is c1ccc(CO[C@@H]2CO[C@H]3[C@@H]2OC[C@H]3P(c2ccccc2)c2ccccc2)cc1. The van der Waals surface area contributed by atoms with Gasteiger partial charge in [-0.15, -0.1) is 0 Å². The van der Waals surface area contributed by atoms with Crippen LogP contribution in [0, 0.1) is 0 Å². The highest BCUT2D eigenvalue weighted by Gasteiger charge is 2.51. The van der Waals surface area contributed by atoms with Gasteiger partial charge in [-0.3, -0.25) is 0 Å². The lowest BCUT2D eigenvalue weighted by molar-refractivity contribution is -0.0384. The summed E-state index contributed by atoms with van der Waals surface area (Å²) in [4.78, 5) is 0. The van der Waals surface area contributed by atoms with E-state index in [0.29, 0.717) is 18.9 Å². The molecule has 2 saturated heterocycles. The van der Waals surface area contributed by atoms with Crippen LogP contribution < -0.4 is 10.6 Å². The molecule has 0 aliphatic carbocycles. The number of ether oxygens (including phenoxy) is 3. The van der Waals surface area contributed by atoms with E-state index in [1.54, 1.807) is 0 Å². The highest BCUT2D eigenvalue weighted by Crippen LogP contribution is 2.48. The average Bonchev–Trinajstić information content (AvgIpc) is 3.38. The molecule has 0 aromatic heterocycles. The summed E-state index contributed by atoms with van der Waals surface area (Å²) < 4.78 is 18.8. The third-order valence-electron chi connectivity index (χ3n) is 5.69. The molecule has 4 atom stereocenters. The molecule has 2 aliphatic rings. The van der Waals surface area contributed by atoms with Gasteiger partial charge in [-0.05, 0) is 24.1 Å². The first-order valence-corrected chi connectivity index (χ1v) is 11.6. The van der Waals surface area contributed by atoms with Crippen LogP contribution in [-0.4, -0.2) is 37.2 Å². The minimum Gasteiger partial charge on any atom is -0.372 e. The monoisotopic (exact) mass is 404 g/mol. The second-order valence-corrected chi connectivity index (χ2v) is 9.98. The molecular weight excluding hydrogens is 379 g/mol. The van der Waals surface area contributed by atoms with Crippen molar-refractivity contribution in [2.75, 3.05) is 13.2 Å². The molecule has 3 nitrogen and oxygen atoms in total. The molecule has 0 radical (unpaired) electrons. The third-order valence-corrected chi connectivity index (χ3v) is 8.50. The third kappa shape index (κ3) is 4.01. The van der Waals surface area contributed by atoms with Gasteiger partial charge in [0.05, 0.1) is 25.9 Å². The Kier molecular flexibility index (Phi) is 5.73. The summed E-state index contributed by atoms with van der Waals surface area (Å²) in [5.41, 5.74) is 1.52. The molecule has 0 saturated carbocycles. The first-order chi connectivity index (χ1) is 14.4. The van der Waals surface area contributed by atoms with E-state index in [-0.39, 0.29) is 18.3 Å². The average molecular weight is 404 g/mol. The lowest BCUT2D eigenvalue weighted by Gasteiger charge is -2.27. The van der Waals surface area contributed by atoms with Gasteiger partial charge in [-0.2, -0.15) is 0 Å². The molecule has 0 N–H and O–H groups in total. The highest BCUT2D eigenvalue weighted by atomic mass is 31.1. The fourth-order valence-electron chi connectivity index (χ4n) is 4.30. The molecule has 2 heterocycles. The van der Waals surface area contributed by atoms with Crippen LogP contribution in [0.2, 0.25) is 0 Å². The Balaban J connectivity index is 1.35. The molecule has 0 amide bonds. The maximum Gasteiger partial charge on any atom is 0.113 e. The van der Waals surface area contributed by atoms with E-state index in [1.807, 2.05) is 18.2 Å². The van der Waals surface area contributed by atoms with E-state index in [0.717, 1.165) is 6.61 Å². The molecule has 29 heavy (non-hydrogen) atoms. The van der Waals surface area contributed by atoms with Gasteiger partial charge in [0.25, 0.3) is 0 Å². The van der Waals surface area contributed by atoms with Crippen molar-refractivity contribution >= 4 is 18.5 Å². The quantitative estimate of drug-likeness (QED) is 0.584. The maximum atomic E-state index is 6.28. The van der Waals surface area contributed by atoms with Crippen LogP contribution in [0.4, 0.5) is 0 Å². The topological polar surface area (TPSA) is 27.7 Å². The smallest absolute Gasteiger partial charge is 0.113 e. The molecule has 148 valence electrons. The van der Waals surface area contributed by atoms with Crippen LogP contribution in [0.25, 0.3) is 0 Å². The van der Waals surface area contributed by atoms with Crippen LogP contribution in [0.15, 0.2) is 91.0 Å². The van der Waals surface area contributed by atoms with Crippen molar-refractivity contribution in [1.29, 1.82) is 0 Å². The Morgan fingerprint density at radius 3 is 1.86 bits per heavy atom. The van der Waals surface area contributed by atoms with E-state index in [2.05, 4.69) is 72.8 Å². The molecule has 0 unspecified atom stereocenters. The fraction of sp³-hybridized carbons (Fsp3) is 0.280. The molecule has 3 aromatic carbocycles. The molecule has 4 heteroatoms. The van der Waals surface area contributed by atoms with Gasteiger partial charge < -0.3 is 14.2 Å². The summed E-state index contributed by atoms with van der Waals surface area (Å²) in [6.07, 6.45) is 0.0945. The van der Waals surface area contributed by atoms with E-state index in [9.17, 15) is 0 Å². The van der Waals surface area contributed by atoms with Crippen LogP contribution in [0.3, 0.4) is 0 Å².